The van der Waals surface area contributed by atoms with E-state index in [1.54, 1.807) is 22.2 Å². The normalized spacial score (nSPS) is 17.0. The predicted molar refractivity (Wildman–Crippen MR) is 108 cm³/mol. The second kappa shape index (κ2) is 7.52. The second-order valence-electron chi connectivity index (χ2n) is 7.14. The van der Waals surface area contributed by atoms with Crippen LogP contribution in [0.4, 0.5) is 0 Å². The molecule has 0 unspecified atom stereocenters. The minimum Gasteiger partial charge on any atom is -0.348 e. The zero-order valence-corrected chi connectivity index (χ0v) is 17.0. The number of fused-ring (bicyclic) bond motifs is 5. The highest BCUT2D eigenvalue weighted by molar-refractivity contribution is 7.19. The number of hydrogen-bond acceptors (Lipinski definition) is 6. The molecular weight excluding hydrogens is 360 g/mol. The fourth-order valence-electron chi connectivity index (χ4n) is 3.93. The summed E-state index contributed by atoms with van der Waals surface area (Å²) in [7, 11) is 0. The number of carbonyl (C=O) groups is 1. The predicted octanol–water partition coefficient (Wildman–Crippen LogP) is 2.85. The van der Waals surface area contributed by atoms with Crippen LogP contribution in [-0.4, -0.2) is 56.6 Å². The first-order chi connectivity index (χ1) is 13.1. The summed E-state index contributed by atoms with van der Waals surface area (Å²) >= 11 is 1.76. The number of nitrogens with zero attached hydrogens (tertiary/aromatic N) is 5. The van der Waals surface area contributed by atoms with Crippen molar-refractivity contribution >= 4 is 33.1 Å². The Kier molecular flexibility index (Phi) is 5.10. The summed E-state index contributed by atoms with van der Waals surface area (Å²) in [5, 5.41) is 8.39. The van der Waals surface area contributed by atoms with E-state index in [2.05, 4.69) is 46.1 Å². The molecule has 0 spiro atoms. The Morgan fingerprint density at radius 3 is 3.00 bits per heavy atom. The Morgan fingerprint density at radius 2 is 2.22 bits per heavy atom. The molecule has 0 aromatic carbocycles. The summed E-state index contributed by atoms with van der Waals surface area (Å²) in [5.74, 6) is 0.488. The van der Waals surface area contributed by atoms with E-state index in [0.717, 1.165) is 41.9 Å². The molecule has 7 nitrogen and oxygen atoms in total. The number of amides is 1. The molecule has 1 N–H and O–H groups in total. The van der Waals surface area contributed by atoms with Crippen molar-refractivity contribution in [3.05, 3.63) is 22.6 Å². The van der Waals surface area contributed by atoms with Gasteiger partial charge in [-0.2, -0.15) is 0 Å². The van der Waals surface area contributed by atoms with Gasteiger partial charge in [-0.1, -0.05) is 20.8 Å². The highest BCUT2D eigenvalue weighted by Gasteiger charge is 2.25. The first kappa shape index (κ1) is 18.3. The summed E-state index contributed by atoms with van der Waals surface area (Å²) in [4.78, 5) is 26.4. The quantitative estimate of drug-likeness (QED) is 0.705. The van der Waals surface area contributed by atoms with Crippen LogP contribution in [0, 0.1) is 0 Å². The molecule has 0 aliphatic heterocycles. The highest BCUT2D eigenvalue weighted by Crippen LogP contribution is 2.42. The first-order valence-corrected chi connectivity index (χ1v) is 10.6. The highest BCUT2D eigenvalue weighted by atomic mass is 32.1. The van der Waals surface area contributed by atoms with Crippen LogP contribution >= 0.6 is 11.3 Å². The molecule has 0 saturated heterocycles. The number of aromatic nitrogens is 4. The van der Waals surface area contributed by atoms with Gasteiger partial charge in [-0.15, -0.1) is 16.4 Å². The molecule has 1 aliphatic carbocycles. The molecule has 0 radical (unpaired) electrons. The molecule has 3 aromatic heterocycles. The lowest BCUT2D eigenvalue weighted by Gasteiger charge is -2.18. The smallest absolute Gasteiger partial charge is 0.291 e. The zero-order valence-electron chi connectivity index (χ0n) is 16.2. The summed E-state index contributed by atoms with van der Waals surface area (Å²) < 4.78 is 1.65. The summed E-state index contributed by atoms with van der Waals surface area (Å²) in [6, 6.07) is 0. The first-order valence-electron chi connectivity index (χ1n) is 9.79. The third-order valence-electron chi connectivity index (χ3n) is 5.49. The van der Waals surface area contributed by atoms with Crippen LogP contribution in [0.1, 0.15) is 60.6 Å². The topological polar surface area (TPSA) is 75.4 Å². The van der Waals surface area contributed by atoms with E-state index in [1.165, 1.54) is 23.3 Å². The molecule has 8 heteroatoms. The molecule has 3 heterocycles. The molecule has 1 atom stereocenters. The summed E-state index contributed by atoms with van der Waals surface area (Å²) in [5.41, 5.74) is 2.11. The number of likely N-dealkylation sites (N-methyl/N-ethyl adjacent to an activating group) is 1. The van der Waals surface area contributed by atoms with Gasteiger partial charge in [0, 0.05) is 18.0 Å². The fourth-order valence-corrected chi connectivity index (χ4v) is 5.22. The Hall–Kier alpha value is -2.06. The number of thiophene rings is 1. The molecule has 4 rings (SSSR count). The lowest BCUT2D eigenvalue weighted by Crippen LogP contribution is -2.35. The van der Waals surface area contributed by atoms with Crippen LogP contribution in [0.25, 0.3) is 15.9 Å². The van der Waals surface area contributed by atoms with Crippen LogP contribution in [0.2, 0.25) is 0 Å². The standard InChI is InChI=1S/C19H26N6OS/c1-4-24(5-2)10-9-20-18(26)16-22-17-15-14-12(3)7-6-8-13(14)27-19(15)21-11-25(17)23-16/h11-12H,4-10H2,1-3H3,(H,20,26)/t12-/m1/s1. The Labute approximate surface area is 162 Å². The van der Waals surface area contributed by atoms with Gasteiger partial charge >= 0.3 is 0 Å². The summed E-state index contributed by atoms with van der Waals surface area (Å²) in [6.07, 6.45) is 5.19. The van der Waals surface area contributed by atoms with Crippen LogP contribution in [0.3, 0.4) is 0 Å². The van der Waals surface area contributed by atoms with Gasteiger partial charge < -0.3 is 10.2 Å². The van der Waals surface area contributed by atoms with Gasteiger partial charge in [0.2, 0.25) is 5.82 Å². The van der Waals surface area contributed by atoms with E-state index in [1.807, 2.05) is 0 Å². The molecule has 1 aliphatic rings. The van der Waals surface area contributed by atoms with E-state index in [4.69, 9.17) is 0 Å². The Balaban J connectivity index is 1.63. The van der Waals surface area contributed by atoms with Crippen LogP contribution in [-0.2, 0) is 6.42 Å². The van der Waals surface area contributed by atoms with E-state index < -0.39 is 0 Å². The van der Waals surface area contributed by atoms with Gasteiger partial charge in [0.05, 0.1) is 5.39 Å². The van der Waals surface area contributed by atoms with Crippen molar-refractivity contribution < 1.29 is 4.79 Å². The molecule has 144 valence electrons. The summed E-state index contributed by atoms with van der Waals surface area (Å²) in [6.45, 7) is 9.88. The van der Waals surface area contributed by atoms with Crippen molar-refractivity contribution in [2.45, 2.75) is 46.0 Å². The second-order valence-corrected chi connectivity index (χ2v) is 8.23. The maximum atomic E-state index is 12.5. The third kappa shape index (κ3) is 3.32. The van der Waals surface area contributed by atoms with Crippen LogP contribution in [0.5, 0.6) is 0 Å². The van der Waals surface area contributed by atoms with E-state index in [-0.39, 0.29) is 11.7 Å². The largest absolute Gasteiger partial charge is 0.348 e. The Bertz CT molecular complexity index is 974. The zero-order chi connectivity index (χ0) is 19.0. The molecule has 3 aromatic rings. The number of rotatable bonds is 6. The lowest BCUT2D eigenvalue weighted by atomic mass is 9.87. The van der Waals surface area contributed by atoms with E-state index >= 15 is 0 Å². The van der Waals surface area contributed by atoms with Gasteiger partial charge in [0.25, 0.3) is 5.91 Å². The van der Waals surface area contributed by atoms with Gasteiger partial charge in [-0.05, 0) is 43.8 Å². The maximum absolute atomic E-state index is 12.5. The van der Waals surface area contributed by atoms with E-state index in [9.17, 15) is 4.79 Å². The molecular formula is C19H26N6OS. The molecule has 0 bridgehead atoms. The van der Waals surface area contributed by atoms with Gasteiger partial charge in [-0.25, -0.2) is 14.5 Å². The minimum absolute atomic E-state index is 0.215. The Morgan fingerprint density at radius 1 is 1.41 bits per heavy atom. The van der Waals surface area contributed by atoms with E-state index in [0.29, 0.717) is 12.5 Å². The third-order valence-corrected chi connectivity index (χ3v) is 6.66. The number of hydrogen-bond donors (Lipinski definition) is 1. The minimum atomic E-state index is -0.226. The average molecular weight is 387 g/mol. The molecule has 0 fully saturated rings. The van der Waals surface area contributed by atoms with Crippen molar-refractivity contribution in [2.75, 3.05) is 26.2 Å². The number of nitrogens with one attached hydrogen (secondary N) is 1. The number of carbonyl (C=O) groups excluding carboxylic acids is 1. The fraction of sp³-hybridized carbons (Fsp3) is 0.579. The monoisotopic (exact) mass is 386 g/mol. The van der Waals surface area contributed by atoms with Crippen molar-refractivity contribution in [1.82, 2.24) is 29.8 Å². The van der Waals surface area contributed by atoms with Crippen molar-refractivity contribution in [3.8, 4) is 0 Å². The lowest BCUT2D eigenvalue weighted by molar-refractivity contribution is 0.0939. The number of aryl methyl sites for hydroxylation is 1. The molecule has 0 saturated carbocycles. The average Bonchev–Trinajstić information content (AvgIpc) is 3.26. The molecule has 27 heavy (non-hydrogen) atoms. The van der Waals surface area contributed by atoms with Crippen molar-refractivity contribution in [1.29, 1.82) is 0 Å². The SMILES string of the molecule is CCN(CC)CCNC(=O)c1nc2c3c4c(sc3ncn2n1)CCC[C@H]4C. The van der Waals surface area contributed by atoms with Crippen molar-refractivity contribution in [3.63, 3.8) is 0 Å². The van der Waals surface area contributed by atoms with Gasteiger partial charge in [0.15, 0.2) is 5.65 Å². The molecule has 1 amide bonds. The van der Waals surface area contributed by atoms with Gasteiger partial charge in [0.1, 0.15) is 11.2 Å². The maximum Gasteiger partial charge on any atom is 0.291 e. The van der Waals surface area contributed by atoms with Crippen LogP contribution in [0.15, 0.2) is 6.33 Å². The van der Waals surface area contributed by atoms with Crippen molar-refractivity contribution in [2.24, 2.45) is 0 Å². The van der Waals surface area contributed by atoms with Crippen LogP contribution < -0.4 is 5.32 Å². The van der Waals surface area contributed by atoms with Gasteiger partial charge in [-0.3, -0.25) is 4.79 Å².